The Morgan fingerprint density at radius 3 is 2.43 bits per heavy atom. The minimum Gasteiger partial charge on any atom is -0.453 e. The average Bonchev–Trinajstić information content (AvgIpc) is 3.66. The van der Waals surface area contributed by atoms with Gasteiger partial charge in [-0.1, -0.05) is 69.2 Å². The molecule has 7 heteroatoms. The van der Waals surface area contributed by atoms with E-state index in [-0.39, 0.29) is 23.9 Å². The number of H-pyrrole nitrogens is 1. The summed E-state index contributed by atoms with van der Waals surface area (Å²) in [7, 11) is 1.34. The van der Waals surface area contributed by atoms with Crippen LogP contribution >= 0.6 is 0 Å². The molecule has 5 aliphatic carbocycles. The number of fused-ring (bicyclic) bond motifs is 2. The highest BCUT2D eigenvalue weighted by Crippen LogP contribution is 2.46. The van der Waals surface area contributed by atoms with E-state index in [1.807, 2.05) is 13.8 Å². The van der Waals surface area contributed by atoms with Crippen LogP contribution < -0.4 is 5.32 Å². The van der Waals surface area contributed by atoms with E-state index in [0.29, 0.717) is 5.92 Å². The molecule has 6 aliphatic rings. The Hall–Kier alpha value is -4.13. The number of aromatic nitrogens is 2. The van der Waals surface area contributed by atoms with Gasteiger partial charge < -0.3 is 19.9 Å². The van der Waals surface area contributed by atoms with Gasteiger partial charge in [-0.2, -0.15) is 0 Å². The minimum absolute atomic E-state index is 0.0415. The van der Waals surface area contributed by atoms with E-state index in [1.54, 1.807) is 0 Å². The van der Waals surface area contributed by atoms with E-state index < -0.39 is 12.1 Å². The zero-order valence-corrected chi connectivity index (χ0v) is 27.6. The maximum absolute atomic E-state index is 14.2. The van der Waals surface area contributed by atoms with Crippen LogP contribution in [0.5, 0.6) is 0 Å². The first-order chi connectivity index (χ1) is 22.3. The normalized spacial score (nSPS) is 21.6. The van der Waals surface area contributed by atoms with Gasteiger partial charge in [0.05, 0.1) is 24.2 Å². The lowest BCUT2D eigenvalue weighted by atomic mass is 9.84. The molecule has 240 valence electrons. The molecule has 7 nitrogen and oxygen atoms in total. The van der Waals surface area contributed by atoms with Crippen molar-refractivity contribution in [3.05, 3.63) is 88.2 Å². The number of aryl methyl sites for hydroxylation is 5. The van der Waals surface area contributed by atoms with Gasteiger partial charge in [-0.15, -0.1) is 0 Å². The Morgan fingerprint density at radius 1 is 0.935 bits per heavy atom. The number of amides is 2. The summed E-state index contributed by atoms with van der Waals surface area (Å²) in [6, 6.07) is 19.9. The van der Waals surface area contributed by atoms with Gasteiger partial charge in [-0.25, -0.2) is 9.78 Å². The predicted molar refractivity (Wildman–Crippen MR) is 182 cm³/mol. The quantitative estimate of drug-likeness (QED) is 0.241. The monoisotopic (exact) mass is 618 g/mol. The van der Waals surface area contributed by atoms with Crippen LogP contribution in [0.2, 0.25) is 0 Å². The van der Waals surface area contributed by atoms with Gasteiger partial charge in [-0.3, -0.25) is 4.79 Å². The fourth-order valence-corrected chi connectivity index (χ4v) is 8.25. The number of methoxy groups -OCH3 is 1. The standard InChI is InChI=1S/C39H46N4O3/c1-23(2)36(42-39(45)46-4)38(44)43-34-8-6-5-7-30(34)22-35(43)37-40-32-18-17-29(21-33(32)41-37)31-20-26-10-14-27-13-9-25(19-24(27)3)11-15-28(31)16-12-26/h9,12-13,16-21,23,30,34-36H,5-8,10-11,14-15,22H2,1-4H3,(H,40,41)(H,42,45)/t30-,34-,35-,36-/m0/s1. The summed E-state index contributed by atoms with van der Waals surface area (Å²) in [6.07, 6.45) is 8.78. The number of carbonyl (C=O) groups is 2. The van der Waals surface area contributed by atoms with Crippen LogP contribution in [0.3, 0.4) is 0 Å². The molecule has 2 fully saturated rings. The lowest BCUT2D eigenvalue weighted by Gasteiger charge is -2.36. The SMILES string of the molecule is COC(=O)N[C@H](C(=O)N1[C@H](c2nc3ccc(-c4cc5ccc4CCc4ccc(c(C)c4)CC5)cc3[nH]2)C[C@@H]2CCCC[C@@H]21)C(C)C. The van der Waals surface area contributed by atoms with E-state index in [9.17, 15) is 9.59 Å². The first-order valence-electron chi connectivity index (χ1n) is 17.2. The van der Waals surface area contributed by atoms with Crippen molar-refractivity contribution in [3.63, 3.8) is 0 Å². The number of benzene rings is 3. The van der Waals surface area contributed by atoms with Gasteiger partial charge >= 0.3 is 6.09 Å². The Balaban J connectivity index is 1.22. The maximum atomic E-state index is 14.2. The average molecular weight is 619 g/mol. The van der Waals surface area contributed by atoms with E-state index >= 15 is 0 Å². The van der Waals surface area contributed by atoms with Gasteiger partial charge in [0.2, 0.25) is 5.91 Å². The highest BCUT2D eigenvalue weighted by molar-refractivity contribution is 5.87. The molecule has 4 atom stereocenters. The summed E-state index contributed by atoms with van der Waals surface area (Å²) in [6.45, 7) is 6.18. The second-order valence-electron chi connectivity index (χ2n) is 14.1. The number of nitrogens with one attached hydrogen (secondary N) is 2. The zero-order valence-electron chi connectivity index (χ0n) is 27.6. The summed E-state index contributed by atoms with van der Waals surface area (Å²) in [4.78, 5) is 37.3. The molecule has 4 aromatic rings. The number of ether oxygens (including phenoxy) is 1. The van der Waals surface area contributed by atoms with E-state index in [0.717, 1.165) is 68.2 Å². The van der Waals surface area contributed by atoms with Gasteiger partial charge in [0, 0.05) is 6.04 Å². The van der Waals surface area contributed by atoms with Crippen molar-refractivity contribution in [2.45, 2.75) is 96.7 Å². The third-order valence-electron chi connectivity index (χ3n) is 10.8. The molecule has 0 unspecified atom stereocenters. The topological polar surface area (TPSA) is 87.3 Å². The molecule has 2 N–H and O–H groups in total. The second-order valence-corrected chi connectivity index (χ2v) is 14.1. The lowest BCUT2D eigenvalue weighted by molar-refractivity contribution is -0.138. The fourth-order valence-electron chi connectivity index (χ4n) is 8.25. The van der Waals surface area contributed by atoms with E-state index in [4.69, 9.17) is 9.72 Å². The van der Waals surface area contributed by atoms with Gasteiger partial charge in [0.25, 0.3) is 0 Å². The molecule has 1 aromatic heterocycles. The lowest BCUT2D eigenvalue weighted by Crippen LogP contribution is -2.53. The second kappa shape index (κ2) is 12.6. The number of alkyl carbamates (subject to hydrolysis) is 1. The molecule has 46 heavy (non-hydrogen) atoms. The van der Waals surface area contributed by atoms with Crippen LogP contribution in [0.1, 0.15) is 85.6 Å². The highest BCUT2D eigenvalue weighted by Gasteiger charge is 2.48. The number of rotatable bonds is 5. The number of carbonyl (C=O) groups excluding carboxylic acids is 2. The zero-order chi connectivity index (χ0) is 31.9. The van der Waals surface area contributed by atoms with Crippen molar-refractivity contribution >= 4 is 23.0 Å². The van der Waals surface area contributed by atoms with Crippen molar-refractivity contribution in [1.82, 2.24) is 20.2 Å². The Morgan fingerprint density at radius 2 is 1.67 bits per heavy atom. The fraction of sp³-hybridized carbons (Fsp3) is 0.462. The summed E-state index contributed by atoms with van der Waals surface area (Å²) in [5.41, 5.74) is 11.3. The largest absolute Gasteiger partial charge is 0.453 e. The van der Waals surface area contributed by atoms with Gasteiger partial charge in [0.15, 0.2) is 0 Å². The van der Waals surface area contributed by atoms with Gasteiger partial charge in [-0.05, 0) is 115 Å². The van der Waals surface area contributed by atoms with Crippen molar-refractivity contribution in [1.29, 1.82) is 0 Å². The first kappa shape index (κ1) is 30.5. The van der Waals surface area contributed by atoms with Crippen LogP contribution in [0.15, 0.2) is 54.6 Å². The molecule has 2 amide bonds. The smallest absolute Gasteiger partial charge is 0.407 e. The van der Waals surface area contributed by atoms with Crippen molar-refractivity contribution in [2.75, 3.05) is 7.11 Å². The van der Waals surface area contributed by atoms with Crippen molar-refractivity contribution in [2.24, 2.45) is 11.8 Å². The highest BCUT2D eigenvalue weighted by atomic mass is 16.5. The number of aromatic amines is 1. The Bertz CT molecular complexity index is 1770. The van der Waals surface area contributed by atoms with Crippen LogP contribution in [-0.4, -0.2) is 46.1 Å². The maximum Gasteiger partial charge on any atom is 0.407 e. The van der Waals surface area contributed by atoms with E-state index in [1.165, 1.54) is 52.5 Å². The molecule has 0 spiro atoms. The molecule has 1 saturated carbocycles. The minimum atomic E-state index is -0.653. The van der Waals surface area contributed by atoms with Gasteiger partial charge in [0.1, 0.15) is 11.9 Å². The molecule has 10 rings (SSSR count). The summed E-state index contributed by atoms with van der Waals surface area (Å²) in [5.74, 6) is 1.16. The summed E-state index contributed by atoms with van der Waals surface area (Å²) < 4.78 is 4.88. The molecular weight excluding hydrogens is 572 g/mol. The van der Waals surface area contributed by atoms with E-state index in [2.05, 4.69) is 76.7 Å². The molecule has 1 saturated heterocycles. The van der Waals surface area contributed by atoms with Crippen LogP contribution in [-0.2, 0) is 35.2 Å². The summed E-state index contributed by atoms with van der Waals surface area (Å²) >= 11 is 0. The molecule has 1 aliphatic heterocycles. The molecule has 2 heterocycles. The van der Waals surface area contributed by atoms with Crippen LogP contribution in [0.25, 0.3) is 22.2 Å². The number of likely N-dealkylation sites (tertiary alicyclic amines) is 1. The Kier molecular flexibility index (Phi) is 8.35. The number of nitrogens with zero attached hydrogens (tertiary/aromatic N) is 2. The third kappa shape index (κ3) is 5.80. The van der Waals surface area contributed by atoms with Crippen molar-refractivity contribution < 1.29 is 14.3 Å². The number of hydrogen-bond acceptors (Lipinski definition) is 4. The summed E-state index contributed by atoms with van der Waals surface area (Å²) in [5, 5.41) is 2.82. The third-order valence-corrected chi connectivity index (χ3v) is 10.8. The molecular formula is C39H46N4O3. The predicted octanol–water partition coefficient (Wildman–Crippen LogP) is 7.63. The molecule has 3 aromatic carbocycles. The van der Waals surface area contributed by atoms with Crippen molar-refractivity contribution in [3.8, 4) is 11.1 Å². The number of imidazole rings is 1. The van der Waals surface area contributed by atoms with Crippen LogP contribution in [0, 0.1) is 18.8 Å². The molecule has 0 radical (unpaired) electrons. The number of hydrogen-bond donors (Lipinski definition) is 2. The van der Waals surface area contributed by atoms with Crippen LogP contribution in [0.4, 0.5) is 4.79 Å². The molecule has 4 bridgehead atoms. The Labute approximate surface area is 272 Å². The first-order valence-corrected chi connectivity index (χ1v) is 17.2.